The number of nitrogens with zero attached hydrogens (tertiary/aromatic N) is 1. The zero-order valence-electron chi connectivity index (χ0n) is 23.1. The number of carbonyl (C=O) groups is 1. The Morgan fingerprint density at radius 1 is 0.919 bits per heavy atom. The number of hydrogen-bond acceptors (Lipinski definition) is 5. The lowest BCUT2D eigenvalue weighted by Gasteiger charge is -2.30. The molecule has 0 atom stereocenters. The molecule has 4 aromatic rings. The molecule has 3 N–H and O–H groups in total. The van der Waals surface area contributed by atoms with Crippen molar-refractivity contribution in [2.24, 2.45) is 0 Å². The quantitative estimate of drug-likeness (QED) is 0.334. The van der Waals surface area contributed by atoms with Crippen molar-refractivity contribution in [3.63, 3.8) is 0 Å². The van der Waals surface area contributed by atoms with Gasteiger partial charge in [-0.2, -0.15) is 0 Å². The molecule has 2 aromatic heterocycles. The Morgan fingerprint density at radius 3 is 2.22 bits per heavy atom. The van der Waals surface area contributed by atoms with Gasteiger partial charge in [0.25, 0.3) is 0 Å². The molecule has 0 amide bonds. The number of rotatable bonds is 4. The molecule has 4 rings (SSSR count). The summed E-state index contributed by atoms with van der Waals surface area (Å²) in [6, 6.07) is 17.3. The average molecular weight is 523 g/mol. The lowest BCUT2D eigenvalue weighted by Crippen LogP contribution is -2.40. The Labute approximate surface area is 221 Å². The zero-order chi connectivity index (χ0) is 27.6. The summed E-state index contributed by atoms with van der Waals surface area (Å²) in [7, 11) is -2.28. The average Bonchev–Trinajstić information content (AvgIpc) is 3.41. The van der Waals surface area contributed by atoms with E-state index in [0.29, 0.717) is 10.6 Å². The van der Waals surface area contributed by atoms with Crippen LogP contribution in [0.25, 0.3) is 21.8 Å². The number of H-pyrrole nitrogens is 1. The largest absolute Gasteiger partial charge is 0.506 e. The highest BCUT2D eigenvalue weighted by molar-refractivity contribution is 6.59. The molecular formula is C28H39BN2O5Si. The summed E-state index contributed by atoms with van der Waals surface area (Å²) >= 11 is 0. The summed E-state index contributed by atoms with van der Waals surface area (Å²) in [4.78, 5) is 15.4. The summed E-state index contributed by atoms with van der Waals surface area (Å²) in [5.41, 5.74) is 2.27. The number of para-hydroxylation sites is 1. The first-order valence-corrected chi connectivity index (χ1v) is 13.8. The third kappa shape index (κ3) is 7.58. The maximum atomic E-state index is 12.2. The van der Waals surface area contributed by atoms with Crippen molar-refractivity contribution >= 4 is 50.4 Å². The van der Waals surface area contributed by atoms with Crippen molar-refractivity contribution in [2.75, 3.05) is 0 Å². The molecule has 0 bridgehead atoms. The molecule has 0 aliphatic rings. The lowest BCUT2D eigenvalue weighted by molar-refractivity contribution is 0.0547. The fourth-order valence-corrected chi connectivity index (χ4v) is 4.75. The van der Waals surface area contributed by atoms with Gasteiger partial charge in [-0.05, 0) is 86.3 Å². The number of benzene rings is 2. The molecule has 0 saturated carbocycles. The van der Waals surface area contributed by atoms with Crippen LogP contribution in [0.15, 0.2) is 60.8 Å². The Morgan fingerprint density at radius 2 is 1.59 bits per heavy atom. The number of carbonyl (C=O) groups excluding carboxylic acids is 1. The molecule has 0 spiro atoms. The van der Waals surface area contributed by atoms with Gasteiger partial charge in [-0.3, -0.25) is 4.57 Å². The third-order valence-corrected chi connectivity index (χ3v) is 7.43. The number of fused-ring (bicyclic) bond motifs is 2. The normalized spacial score (nSPS) is 12.7. The first kappa shape index (κ1) is 28.7. The number of ether oxygens (including phenoxy) is 1. The van der Waals surface area contributed by atoms with Gasteiger partial charge >= 0.3 is 13.2 Å². The van der Waals surface area contributed by atoms with Crippen molar-refractivity contribution in [2.45, 2.75) is 71.6 Å². The van der Waals surface area contributed by atoms with Crippen molar-refractivity contribution in [3.8, 4) is 0 Å². The van der Waals surface area contributed by atoms with Crippen LogP contribution in [0.1, 0.15) is 61.0 Å². The van der Waals surface area contributed by atoms with E-state index in [1.807, 2.05) is 12.3 Å². The summed E-state index contributed by atoms with van der Waals surface area (Å²) in [6.07, 6.45) is 1.35. The summed E-state index contributed by atoms with van der Waals surface area (Å²) in [5, 5.41) is 21.1. The van der Waals surface area contributed by atoms with E-state index in [1.165, 1.54) is 21.0 Å². The first-order valence-electron chi connectivity index (χ1n) is 12.5. The molecule has 0 aliphatic carbocycles. The standard InChI is InChI=1S/C15H23NOSi.C13H16BNO4/c1-14(2,3)18-17-15(4,5)12-6-7-13-11(10-12)8-9-16-13;1-13(2,3)19-12(16)15-10-7-5-4-6-9(10)8-11(15)14(17)18/h6-10,16H,18H2,1-5H3;4-8,17-18H,1-3H3. The summed E-state index contributed by atoms with van der Waals surface area (Å²) < 4.78 is 12.7. The van der Waals surface area contributed by atoms with Gasteiger partial charge in [0.2, 0.25) is 0 Å². The molecule has 0 saturated heterocycles. The Hall–Kier alpha value is -2.85. The zero-order valence-corrected chi connectivity index (χ0v) is 24.5. The maximum absolute atomic E-state index is 12.2. The number of aromatic amines is 1. The van der Waals surface area contributed by atoms with Crippen molar-refractivity contribution < 1.29 is 24.0 Å². The fraction of sp³-hybridized carbons (Fsp3) is 0.393. The number of hydrogen-bond donors (Lipinski definition) is 3. The van der Waals surface area contributed by atoms with Crippen LogP contribution in [-0.4, -0.2) is 48.2 Å². The van der Waals surface area contributed by atoms with E-state index in [-0.39, 0.29) is 11.2 Å². The highest BCUT2D eigenvalue weighted by atomic mass is 28.2. The van der Waals surface area contributed by atoms with Gasteiger partial charge in [0.1, 0.15) is 5.60 Å². The molecule has 0 fully saturated rings. The lowest BCUT2D eigenvalue weighted by atomic mass is 9.86. The van der Waals surface area contributed by atoms with E-state index in [0.717, 1.165) is 5.39 Å². The van der Waals surface area contributed by atoms with Crippen LogP contribution in [0.3, 0.4) is 0 Å². The van der Waals surface area contributed by atoms with Gasteiger partial charge in [-0.1, -0.05) is 45.0 Å². The predicted molar refractivity (Wildman–Crippen MR) is 154 cm³/mol. The van der Waals surface area contributed by atoms with Crippen LogP contribution in [0, 0.1) is 0 Å². The summed E-state index contributed by atoms with van der Waals surface area (Å²) in [5.74, 6) is 0. The smallest absolute Gasteiger partial charge is 0.443 e. The van der Waals surface area contributed by atoms with Crippen molar-refractivity contribution in [3.05, 3.63) is 66.4 Å². The monoisotopic (exact) mass is 522 g/mol. The van der Waals surface area contributed by atoms with E-state index in [1.54, 1.807) is 45.0 Å². The summed E-state index contributed by atoms with van der Waals surface area (Å²) in [6.45, 7) is 16.4. The highest BCUT2D eigenvalue weighted by Crippen LogP contribution is 2.31. The van der Waals surface area contributed by atoms with Crippen LogP contribution < -0.4 is 5.59 Å². The van der Waals surface area contributed by atoms with Crippen LogP contribution >= 0.6 is 0 Å². The fourth-order valence-electron chi connectivity index (χ4n) is 3.79. The maximum Gasteiger partial charge on any atom is 0.506 e. The third-order valence-electron chi connectivity index (χ3n) is 5.69. The molecule has 0 unspecified atom stereocenters. The molecule has 0 aliphatic heterocycles. The topological polar surface area (TPSA) is 96.7 Å². The highest BCUT2D eigenvalue weighted by Gasteiger charge is 2.27. The number of nitrogens with one attached hydrogen (secondary N) is 1. The van der Waals surface area contributed by atoms with Gasteiger partial charge in [-0.15, -0.1) is 0 Å². The van der Waals surface area contributed by atoms with Gasteiger partial charge in [0, 0.05) is 11.7 Å². The second-order valence-electron chi connectivity index (χ2n) is 12.0. The van der Waals surface area contributed by atoms with Gasteiger partial charge in [-0.25, -0.2) is 4.79 Å². The Kier molecular flexibility index (Phi) is 8.44. The predicted octanol–water partition coefficient (Wildman–Crippen LogP) is 4.83. The van der Waals surface area contributed by atoms with Crippen LogP contribution in [0.5, 0.6) is 0 Å². The van der Waals surface area contributed by atoms with Crippen molar-refractivity contribution in [1.29, 1.82) is 0 Å². The van der Waals surface area contributed by atoms with E-state index in [9.17, 15) is 14.8 Å². The van der Waals surface area contributed by atoms with E-state index in [2.05, 4.69) is 63.9 Å². The second-order valence-corrected chi connectivity index (χ2v) is 14.7. The minimum atomic E-state index is -1.74. The molecule has 2 aromatic carbocycles. The van der Waals surface area contributed by atoms with Crippen LogP contribution in [0.4, 0.5) is 4.79 Å². The molecular weight excluding hydrogens is 483 g/mol. The molecule has 9 heteroatoms. The Balaban J connectivity index is 0.000000206. The van der Waals surface area contributed by atoms with Crippen LogP contribution in [-0.2, 0) is 14.8 Å². The van der Waals surface area contributed by atoms with Gasteiger partial charge in [0.15, 0.2) is 9.76 Å². The minimum Gasteiger partial charge on any atom is -0.443 e. The van der Waals surface area contributed by atoms with Gasteiger partial charge in [0.05, 0.1) is 16.7 Å². The molecule has 198 valence electrons. The Bertz CT molecular complexity index is 1360. The van der Waals surface area contributed by atoms with Crippen molar-refractivity contribution in [1.82, 2.24) is 9.55 Å². The molecule has 0 radical (unpaired) electrons. The number of aromatic nitrogens is 2. The van der Waals surface area contributed by atoms with E-state index in [4.69, 9.17) is 9.16 Å². The molecule has 37 heavy (non-hydrogen) atoms. The van der Waals surface area contributed by atoms with Gasteiger partial charge < -0.3 is 24.2 Å². The first-order chi connectivity index (χ1) is 17.1. The van der Waals surface area contributed by atoms with E-state index >= 15 is 0 Å². The van der Waals surface area contributed by atoms with E-state index < -0.39 is 28.6 Å². The minimum absolute atomic E-state index is 0.0930. The van der Waals surface area contributed by atoms with Crippen LogP contribution in [0.2, 0.25) is 5.04 Å². The SMILES string of the molecule is CC(C)(C)OC(=O)n1c(B(O)O)cc2ccccc21.CC(C)(C)[SiH2]OC(C)(C)c1ccc2[nH]ccc2c1. The molecule has 2 heterocycles. The molecule has 7 nitrogen and oxygen atoms in total. The second kappa shape index (κ2) is 10.9.